The van der Waals surface area contributed by atoms with Gasteiger partial charge < -0.3 is 19.5 Å². The molecule has 0 radical (unpaired) electrons. The van der Waals surface area contributed by atoms with E-state index < -0.39 is 54.3 Å². The summed E-state index contributed by atoms with van der Waals surface area (Å²) in [5.74, 6) is -4.22. The van der Waals surface area contributed by atoms with E-state index in [-0.39, 0.29) is 56.9 Å². The van der Waals surface area contributed by atoms with Crippen LogP contribution in [-0.2, 0) is 47.8 Å². The van der Waals surface area contributed by atoms with E-state index in [1.54, 1.807) is 0 Å². The van der Waals surface area contributed by atoms with Crippen LogP contribution in [-0.4, -0.2) is 89.2 Å². The predicted octanol–water partition coefficient (Wildman–Crippen LogP) is 9.33. The summed E-state index contributed by atoms with van der Waals surface area (Å²) in [4.78, 5) is 86.3. The Labute approximate surface area is 366 Å². The minimum absolute atomic E-state index is 0.200. The van der Waals surface area contributed by atoms with Crippen LogP contribution >= 0.6 is 0 Å². The lowest BCUT2D eigenvalue weighted by atomic mass is 10.0. The van der Waals surface area contributed by atoms with Crippen molar-refractivity contribution >= 4 is 41.5 Å². The van der Waals surface area contributed by atoms with Crippen molar-refractivity contribution in [3.8, 4) is 0 Å². The summed E-state index contributed by atoms with van der Waals surface area (Å²) in [6.07, 6.45) is 31.5. The molecule has 2 N–H and O–H groups in total. The topological polar surface area (TPSA) is 186 Å². The lowest BCUT2D eigenvalue weighted by Crippen LogP contribution is -2.41. The molecule has 1 unspecified atom stereocenters. The summed E-state index contributed by atoms with van der Waals surface area (Å²) in [7, 11) is 0. The van der Waals surface area contributed by atoms with E-state index in [1.165, 1.54) is 116 Å². The van der Waals surface area contributed by atoms with Crippen molar-refractivity contribution in [2.24, 2.45) is 0 Å². The number of carbonyl (C=O) groups is 7. The van der Waals surface area contributed by atoms with Gasteiger partial charge in [0.15, 0.2) is 6.10 Å². The van der Waals surface area contributed by atoms with Crippen LogP contribution < -0.4 is 5.32 Å². The van der Waals surface area contributed by atoms with E-state index in [4.69, 9.17) is 14.2 Å². The number of carbonyl (C=O) groups excluding carboxylic acids is 7. The molecular weight excluding hydrogens is 783 g/mol. The summed E-state index contributed by atoms with van der Waals surface area (Å²) in [6.45, 7) is 3.05. The monoisotopic (exact) mass is 864 g/mol. The third-order valence-corrected chi connectivity index (χ3v) is 10.8. The molecule has 350 valence electrons. The van der Waals surface area contributed by atoms with E-state index in [0.717, 1.165) is 55.6 Å². The lowest BCUT2D eigenvalue weighted by molar-refractivity contribution is -0.168. The Morgan fingerprint density at radius 3 is 1.34 bits per heavy atom. The van der Waals surface area contributed by atoms with Crippen LogP contribution in [0.25, 0.3) is 0 Å². The quantitative estimate of drug-likeness (QED) is 0.0113. The minimum atomic E-state index is -1.00. The van der Waals surface area contributed by atoms with Crippen molar-refractivity contribution in [3.05, 3.63) is 12.2 Å². The molecule has 1 aliphatic heterocycles. The molecule has 0 fully saturated rings. The van der Waals surface area contributed by atoms with E-state index in [0.29, 0.717) is 12.8 Å². The van der Waals surface area contributed by atoms with Gasteiger partial charge in [-0.3, -0.25) is 43.7 Å². The zero-order valence-electron chi connectivity index (χ0n) is 37.9. The van der Waals surface area contributed by atoms with Crippen LogP contribution in [0.5, 0.6) is 0 Å². The van der Waals surface area contributed by atoms with Crippen LogP contribution in [0.2, 0.25) is 0 Å². The van der Waals surface area contributed by atoms with E-state index in [9.17, 15) is 38.8 Å². The Morgan fingerprint density at radius 1 is 0.541 bits per heavy atom. The van der Waals surface area contributed by atoms with Gasteiger partial charge in [0.1, 0.15) is 19.9 Å². The predicted molar refractivity (Wildman–Crippen MR) is 234 cm³/mol. The molecule has 1 aliphatic rings. The molecule has 14 nitrogen and oxygen atoms in total. The van der Waals surface area contributed by atoms with Crippen LogP contribution in [0.4, 0.5) is 0 Å². The van der Waals surface area contributed by atoms with Gasteiger partial charge in [0, 0.05) is 44.4 Å². The zero-order chi connectivity index (χ0) is 44.8. The Bertz CT molecular complexity index is 1260. The highest BCUT2D eigenvalue weighted by molar-refractivity contribution is 6.13. The van der Waals surface area contributed by atoms with Crippen LogP contribution in [0, 0.1) is 0 Å². The molecule has 4 amide bonds. The number of esters is 3. The molecule has 1 atom stereocenters. The van der Waals surface area contributed by atoms with Gasteiger partial charge in [-0.05, 0) is 12.8 Å². The number of imide groups is 1. The molecular formula is C47H81N3O11. The van der Waals surface area contributed by atoms with Gasteiger partial charge >= 0.3 is 17.9 Å². The summed E-state index contributed by atoms with van der Waals surface area (Å²) < 4.78 is 16.3. The first-order valence-corrected chi connectivity index (χ1v) is 23.9. The molecule has 0 saturated heterocycles. The first kappa shape index (κ1) is 55.2. The van der Waals surface area contributed by atoms with E-state index in [1.807, 2.05) is 0 Å². The molecule has 14 heteroatoms. The molecule has 0 spiro atoms. The number of rotatable bonds is 41. The molecule has 0 bridgehead atoms. The third kappa shape index (κ3) is 31.7. The molecule has 0 aromatic carbocycles. The second-order valence-corrected chi connectivity index (χ2v) is 16.4. The summed E-state index contributed by atoms with van der Waals surface area (Å²) in [5.41, 5.74) is 0. The number of unbranched alkanes of at least 4 members (excludes halogenated alkanes) is 24. The van der Waals surface area contributed by atoms with Crippen LogP contribution in [0.15, 0.2) is 12.2 Å². The normalized spacial score (nSPS) is 12.7. The molecule has 1 heterocycles. The van der Waals surface area contributed by atoms with Gasteiger partial charge in [-0.2, -0.15) is 0 Å². The van der Waals surface area contributed by atoms with Gasteiger partial charge in [-0.15, -0.1) is 0 Å². The van der Waals surface area contributed by atoms with Gasteiger partial charge in [0.05, 0.1) is 6.42 Å². The highest BCUT2D eigenvalue weighted by Gasteiger charge is 2.25. The Kier molecular flexibility index (Phi) is 34.3. The number of nitrogens with zero attached hydrogens (tertiary/aromatic N) is 2. The number of ether oxygens (including phenoxy) is 3. The maximum atomic E-state index is 12.7. The van der Waals surface area contributed by atoms with Crippen molar-refractivity contribution in [1.82, 2.24) is 15.3 Å². The zero-order valence-corrected chi connectivity index (χ0v) is 37.9. The van der Waals surface area contributed by atoms with Crippen LogP contribution in [0.1, 0.15) is 213 Å². The Morgan fingerprint density at radius 2 is 0.918 bits per heavy atom. The van der Waals surface area contributed by atoms with Gasteiger partial charge in [-0.25, -0.2) is 5.06 Å². The summed E-state index contributed by atoms with van der Waals surface area (Å²) >= 11 is 0. The summed E-state index contributed by atoms with van der Waals surface area (Å²) in [5, 5.41) is 12.5. The first-order chi connectivity index (χ1) is 29.6. The molecule has 0 saturated carbocycles. The average molecular weight is 864 g/mol. The highest BCUT2D eigenvalue weighted by Crippen LogP contribution is 2.15. The van der Waals surface area contributed by atoms with Gasteiger partial charge in [-0.1, -0.05) is 168 Å². The fourth-order valence-electron chi connectivity index (χ4n) is 6.99. The van der Waals surface area contributed by atoms with Crippen molar-refractivity contribution in [1.29, 1.82) is 0 Å². The van der Waals surface area contributed by atoms with Crippen molar-refractivity contribution in [3.63, 3.8) is 0 Å². The standard InChI is InChI=1S/C47H81N3O11/c1-3-5-7-9-11-13-15-17-19-21-23-25-27-29-45(55)59-37-40(61-47(57)30-28-26-24-22-20-18-16-14-12-10-8-6-4-2)38-60-46(56)34-31-41(51)48-39-50(58)44(54)35-36-49-42(52)32-33-43(49)53/h32-33,40,58H,3-31,34-39H2,1-2H3,(H,48,51). The number of hydrogen-bond donors (Lipinski definition) is 2. The van der Waals surface area contributed by atoms with Crippen LogP contribution in [0.3, 0.4) is 0 Å². The number of hydroxylamine groups is 2. The number of hydrogen-bond acceptors (Lipinski definition) is 11. The molecule has 0 aromatic rings. The van der Waals surface area contributed by atoms with Gasteiger partial charge in [0.2, 0.25) is 11.8 Å². The largest absolute Gasteiger partial charge is 0.462 e. The number of nitrogens with one attached hydrogen (secondary N) is 1. The Hall–Kier alpha value is -3.81. The summed E-state index contributed by atoms with van der Waals surface area (Å²) in [6, 6.07) is 0. The minimum Gasteiger partial charge on any atom is -0.462 e. The maximum absolute atomic E-state index is 12.7. The SMILES string of the molecule is CCCCCCCCCCCCCCCC(=O)OCC(COC(=O)CCC(=O)NCN(O)C(=O)CCN1C(=O)C=CC1=O)OC(=O)CCCCCCCCCCCCCCC. The molecule has 1 rings (SSSR count). The average Bonchev–Trinajstić information content (AvgIpc) is 3.57. The lowest BCUT2D eigenvalue weighted by Gasteiger charge is -2.19. The first-order valence-electron chi connectivity index (χ1n) is 23.9. The molecule has 0 aliphatic carbocycles. The Balaban J connectivity index is 2.40. The second kappa shape index (κ2) is 37.9. The van der Waals surface area contributed by atoms with Crippen molar-refractivity contribution < 1.29 is 53.0 Å². The highest BCUT2D eigenvalue weighted by atomic mass is 16.6. The van der Waals surface area contributed by atoms with E-state index >= 15 is 0 Å². The molecule has 61 heavy (non-hydrogen) atoms. The maximum Gasteiger partial charge on any atom is 0.306 e. The third-order valence-electron chi connectivity index (χ3n) is 10.8. The fraction of sp³-hybridized carbons (Fsp3) is 0.809. The van der Waals surface area contributed by atoms with E-state index in [2.05, 4.69) is 19.2 Å². The van der Waals surface area contributed by atoms with Crippen molar-refractivity contribution in [2.75, 3.05) is 26.4 Å². The van der Waals surface area contributed by atoms with Crippen molar-refractivity contribution in [2.45, 2.75) is 219 Å². The smallest absolute Gasteiger partial charge is 0.306 e. The van der Waals surface area contributed by atoms with Gasteiger partial charge in [0.25, 0.3) is 11.8 Å². The second-order valence-electron chi connectivity index (χ2n) is 16.4. The fourth-order valence-corrected chi connectivity index (χ4v) is 6.99. The number of amides is 4. The molecule has 0 aromatic heterocycles.